The Kier molecular flexibility index (Phi) is 6.99. The monoisotopic (exact) mass is 311 g/mol. The molecule has 1 aliphatic heterocycles. The van der Waals surface area contributed by atoms with Gasteiger partial charge in [0.05, 0.1) is 6.54 Å². The maximum absolute atomic E-state index is 11.9. The Morgan fingerprint density at radius 2 is 2.10 bits per heavy atom. The second-order valence-corrected chi connectivity index (χ2v) is 5.63. The van der Waals surface area contributed by atoms with Crippen molar-refractivity contribution in [3.63, 3.8) is 0 Å². The normalized spacial score (nSPS) is 12.6. The molecule has 1 aromatic rings. The summed E-state index contributed by atoms with van der Waals surface area (Å²) in [6, 6.07) is 6.48. The van der Waals surface area contributed by atoms with Crippen molar-refractivity contribution >= 4 is 24.0 Å². The van der Waals surface area contributed by atoms with Crippen molar-refractivity contribution < 1.29 is 4.79 Å². The number of hydrogen-bond acceptors (Lipinski definition) is 3. The van der Waals surface area contributed by atoms with Crippen LogP contribution in [0.1, 0.15) is 24.5 Å². The van der Waals surface area contributed by atoms with Gasteiger partial charge in [-0.15, -0.1) is 12.4 Å². The predicted octanol–water partition coefficient (Wildman–Crippen LogP) is 2.38. The minimum Gasteiger partial charge on any atom is -0.384 e. The van der Waals surface area contributed by atoms with Crippen LogP contribution in [0.25, 0.3) is 0 Å². The zero-order valence-electron chi connectivity index (χ0n) is 13.2. The minimum absolute atomic E-state index is 0. The van der Waals surface area contributed by atoms with Gasteiger partial charge in [-0.1, -0.05) is 25.1 Å². The van der Waals surface area contributed by atoms with E-state index >= 15 is 0 Å². The number of para-hydroxylation sites is 1. The van der Waals surface area contributed by atoms with E-state index in [0.29, 0.717) is 6.54 Å². The molecule has 0 aliphatic carbocycles. The highest BCUT2D eigenvalue weighted by atomic mass is 35.5. The second kappa shape index (κ2) is 8.25. The Balaban J connectivity index is 0.00000220. The number of hydrogen-bond donors (Lipinski definition) is 1. The molecule has 1 N–H and O–H groups in total. The van der Waals surface area contributed by atoms with Crippen LogP contribution in [-0.2, 0) is 17.8 Å². The van der Waals surface area contributed by atoms with Crippen LogP contribution in [0, 0.1) is 0 Å². The summed E-state index contributed by atoms with van der Waals surface area (Å²) in [7, 11) is 3.63. The van der Waals surface area contributed by atoms with Gasteiger partial charge in [0.2, 0.25) is 5.91 Å². The Morgan fingerprint density at radius 1 is 1.33 bits per heavy atom. The number of nitrogens with zero attached hydrogens (tertiary/aromatic N) is 2. The van der Waals surface area contributed by atoms with E-state index in [2.05, 4.69) is 35.3 Å². The van der Waals surface area contributed by atoms with Gasteiger partial charge in [-0.3, -0.25) is 9.69 Å². The summed E-state index contributed by atoms with van der Waals surface area (Å²) in [5.74, 6) is 0.166. The first-order valence-corrected chi connectivity index (χ1v) is 7.39. The summed E-state index contributed by atoms with van der Waals surface area (Å²) in [6.07, 6.45) is 2.16. The van der Waals surface area contributed by atoms with E-state index in [1.54, 1.807) is 4.90 Å². The van der Waals surface area contributed by atoms with Gasteiger partial charge >= 0.3 is 0 Å². The predicted molar refractivity (Wildman–Crippen MR) is 90.1 cm³/mol. The van der Waals surface area contributed by atoms with Gasteiger partial charge in [-0.25, -0.2) is 0 Å². The number of amides is 1. The Labute approximate surface area is 133 Å². The number of rotatable bonds is 6. The third-order valence-corrected chi connectivity index (χ3v) is 3.72. The molecule has 0 atom stereocenters. The maximum atomic E-state index is 11.9. The van der Waals surface area contributed by atoms with E-state index in [4.69, 9.17) is 0 Å². The van der Waals surface area contributed by atoms with Gasteiger partial charge in [0.1, 0.15) is 0 Å². The first kappa shape index (κ1) is 17.8. The molecular weight excluding hydrogens is 286 g/mol. The zero-order valence-corrected chi connectivity index (χ0v) is 14.0. The first-order chi connectivity index (χ1) is 9.61. The highest BCUT2D eigenvalue weighted by Gasteiger charge is 2.17. The van der Waals surface area contributed by atoms with Crippen molar-refractivity contribution in [2.75, 3.05) is 39.0 Å². The second-order valence-electron chi connectivity index (χ2n) is 5.63. The van der Waals surface area contributed by atoms with Crippen molar-refractivity contribution in [1.82, 2.24) is 9.80 Å². The number of halogens is 1. The average molecular weight is 312 g/mol. The fourth-order valence-electron chi connectivity index (χ4n) is 2.65. The summed E-state index contributed by atoms with van der Waals surface area (Å²) >= 11 is 0. The molecular formula is C16H26ClN3O. The molecule has 118 valence electrons. The lowest BCUT2D eigenvalue weighted by atomic mass is 10.1. The molecule has 0 bridgehead atoms. The highest BCUT2D eigenvalue weighted by molar-refractivity contribution is 5.85. The molecule has 0 saturated heterocycles. The van der Waals surface area contributed by atoms with Gasteiger partial charge in [0.25, 0.3) is 0 Å². The quantitative estimate of drug-likeness (QED) is 0.876. The molecule has 0 aromatic heterocycles. The fraction of sp³-hybridized carbons (Fsp3) is 0.562. The Hall–Kier alpha value is -1.26. The van der Waals surface area contributed by atoms with E-state index in [1.807, 2.05) is 14.1 Å². The molecule has 21 heavy (non-hydrogen) atoms. The molecule has 0 radical (unpaired) electrons. The zero-order chi connectivity index (χ0) is 14.5. The van der Waals surface area contributed by atoms with Gasteiger partial charge in [0, 0.05) is 32.9 Å². The number of benzene rings is 1. The Morgan fingerprint density at radius 3 is 2.76 bits per heavy atom. The summed E-state index contributed by atoms with van der Waals surface area (Å²) in [4.78, 5) is 15.8. The van der Waals surface area contributed by atoms with Crippen LogP contribution in [0.2, 0.25) is 0 Å². The molecule has 0 fully saturated rings. The fourth-order valence-corrected chi connectivity index (χ4v) is 2.65. The minimum atomic E-state index is 0. The van der Waals surface area contributed by atoms with Gasteiger partial charge in [-0.05, 0) is 30.5 Å². The van der Waals surface area contributed by atoms with Crippen LogP contribution in [0.5, 0.6) is 0 Å². The molecule has 2 rings (SSSR count). The summed E-state index contributed by atoms with van der Waals surface area (Å²) in [6.45, 7) is 5.45. The SMILES string of the molecule is CCCN(CC(=O)N(C)C)Cc1cccc2c1NCC2.Cl. The van der Waals surface area contributed by atoms with Gasteiger partial charge < -0.3 is 10.2 Å². The van der Waals surface area contributed by atoms with E-state index in [-0.39, 0.29) is 18.3 Å². The van der Waals surface area contributed by atoms with E-state index in [0.717, 1.165) is 32.5 Å². The number of anilines is 1. The summed E-state index contributed by atoms with van der Waals surface area (Å²) in [5, 5.41) is 3.47. The smallest absolute Gasteiger partial charge is 0.236 e. The van der Waals surface area contributed by atoms with Crippen molar-refractivity contribution in [3.8, 4) is 0 Å². The Bertz CT molecular complexity index is 477. The molecule has 0 unspecified atom stereocenters. The first-order valence-electron chi connectivity index (χ1n) is 7.39. The molecule has 1 heterocycles. The van der Waals surface area contributed by atoms with Crippen molar-refractivity contribution in [1.29, 1.82) is 0 Å². The van der Waals surface area contributed by atoms with Crippen molar-refractivity contribution in [3.05, 3.63) is 29.3 Å². The average Bonchev–Trinajstić information content (AvgIpc) is 2.88. The number of nitrogens with one attached hydrogen (secondary N) is 1. The largest absolute Gasteiger partial charge is 0.384 e. The molecule has 5 heteroatoms. The molecule has 1 aromatic carbocycles. The van der Waals surface area contributed by atoms with E-state index in [1.165, 1.54) is 16.8 Å². The number of fused-ring (bicyclic) bond motifs is 1. The van der Waals surface area contributed by atoms with E-state index < -0.39 is 0 Å². The number of likely N-dealkylation sites (N-methyl/N-ethyl adjacent to an activating group) is 1. The highest BCUT2D eigenvalue weighted by Crippen LogP contribution is 2.27. The molecule has 1 amide bonds. The molecule has 0 saturated carbocycles. The summed E-state index contributed by atoms with van der Waals surface area (Å²) in [5.41, 5.74) is 3.99. The van der Waals surface area contributed by atoms with E-state index in [9.17, 15) is 4.79 Å². The third kappa shape index (κ3) is 4.61. The van der Waals surface area contributed by atoms with Crippen LogP contribution in [0.4, 0.5) is 5.69 Å². The molecule has 0 spiro atoms. The van der Waals surface area contributed by atoms with Gasteiger partial charge in [0.15, 0.2) is 0 Å². The molecule has 1 aliphatic rings. The van der Waals surface area contributed by atoms with Crippen LogP contribution in [0.15, 0.2) is 18.2 Å². The lowest BCUT2D eigenvalue weighted by Crippen LogP contribution is -2.36. The standard InChI is InChI=1S/C16H25N3O.ClH/c1-4-10-19(12-15(20)18(2)3)11-14-7-5-6-13-8-9-17-16(13)14;/h5-7,17H,4,8-12H2,1-3H3;1H. The number of carbonyl (C=O) groups is 1. The van der Waals surface area contributed by atoms with Crippen LogP contribution in [0.3, 0.4) is 0 Å². The van der Waals surface area contributed by atoms with Crippen molar-refractivity contribution in [2.24, 2.45) is 0 Å². The lowest BCUT2D eigenvalue weighted by Gasteiger charge is -2.24. The molecule has 4 nitrogen and oxygen atoms in total. The van der Waals surface area contributed by atoms with Crippen molar-refractivity contribution in [2.45, 2.75) is 26.3 Å². The summed E-state index contributed by atoms with van der Waals surface area (Å²) < 4.78 is 0. The third-order valence-electron chi connectivity index (χ3n) is 3.72. The van der Waals surface area contributed by atoms with Crippen LogP contribution < -0.4 is 5.32 Å². The number of carbonyl (C=O) groups excluding carboxylic acids is 1. The topological polar surface area (TPSA) is 35.6 Å². The van der Waals surface area contributed by atoms with Crippen LogP contribution in [-0.4, -0.2) is 49.4 Å². The van der Waals surface area contributed by atoms with Gasteiger partial charge in [-0.2, -0.15) is 0 Å². The maximum Gasteiger partial charge on any atom is 0.236 e. The van der Waals surface area contributed by atoms with Crippen LogP contribution >= 0.6 is 12.4 Å². The lowest BCUT2D eigenvalue weighted by molar-refractivity contribution is -0.130.